The third-order valence-corrected chi connectivity index (χ3v) is 2.36. The molecule has 0 radical (unpaired) electrons. The molecule has 4 nitrogen and oxygen atoms in total. The molecule has 0 amide bonds. The number of hydrogen-bond acceptors (Lipinski definition) is 4. The van der Waals surface area contributed by atoms with Crippen LogP contribution in [0.3, 0.4) is 0 Å². The Morgan fingerprint density at radius 2 is 1.72 bits per heavy atom. The van der Waals surface area contributed by atoms with Gasteiger partial charge in [-0.3, -0.25) is 0 Å². The van der Waals surface area contributed by atoms with Crippen molar-refractivity contribution in [3.8, 4) is 0 Å². The van der Waals surface area contributed by atoms with Crippen molar-refractivity contribution < 1.29 is 28.5 Å². The molecule has 100 valence electrons. The molecule has 0 saturated heterocycles. The lowest BCUT2D eigenvalue weighted by Gasteiger charge is -2.16. The monoisotopic (exact) mass is 260 g/mol. The first-order valence-corrected chi connectivity index (χ1v) is 5.38. The second kappa shape index (κ2) is 6.42. The maximum atomic E-state index is 12.3. The molecule has 2 atom stereocenters. The van der Waals surface area contributed by atoms with Crippen molar-refractivity contribution in [2.75, 3.05) is 6.61 Å². The number of aliphatic hydroxyl groups excluding tert-OH is 2. The summed E-state index contributed by atoms with van der Waals surface area (Å²) in [6.45, 7) is 1.64. The fraction of sp³-hybridized carbons (Fsp3) is 0.417. The van der Waals surface area contributed by atoms with E-state index in [9.17, 15) is 23.8 Å². The van der Waals surface area contributed by atoms with Crippen LogP contribution in [0.5, 0.6) is 0 Å². The summed E-state index contributed by atoms with van der Waals surface area (Å²) in [6.07, 6.45) is -5.84. The lowest BCUT2D eigenvalue weighted by molar-refractivity contribution is -0.159. The van der Waals surface area contributed by atoms with Crippen LogP contribution in [0, 0.1) is 0 Å². The summed E-state index contributed by atoms with van der Waals surface area (Å²) in [7, 11) is 0. The van der Waals surface area contributed by atoms with E-state index in [0.29, 0.717) is 0 Å². The van der Waals surface area contributed by atoms with Crippen molar-refractivity contribution in [2.24, 2.45) is 0 Å². The molecule has 6 heteroatoms. The molecule has 0 fully saturated rings. The van der Waals surface area contributed by atoms with E-state index in [1.165, 1.54) is 12.1 Å². The number of rotatable bonds is 5. The van der Waals surface area contributed by atoms with Gasteiger partial charge in [0.15, 0.2) is 6.10 Å². The molecule has 0 bridgehead atoms. The van der Waals surface area contributed by atoms with Crippen molar-refractivity contribution in [3.05, 3.63) is 35.4 Å². The number of hydrogen-bond donors (Lipinski definition) is 2. The third kappa shape index (κ3) is 3.48. The summed E-state index contributed by atoms with van der Waals surface area (Å²) >= 11 is 0. The van der Waals surface area contributed by atoms with E-state index in [0.717, 1.165) is 12.1 Å². The summed E-state index contributed by atoms with van der Waals surface area (Å²) in [5.74, 6) is -0.956. The summed E-state index contributed by atoms with van der Waals surface area (Å²) < 4.78 is 29.1. The normalized spacial score (nSPS) is 14.3. The molecule has 1 aromatic carbocycles. The quantitative estimate of drug-likeness (QED) is 0.789. The van der Waals surface area contributed by atoms with Crippen LogP contribution >= 0.6 is 0 Å². The summed E-state index contributed by atoms with van der Waals surface area (Å²) in [6, 6.07) is 4.71. The number of carbonyl (C=O) groups is 1. The Hall–Kier alpha value is -1.53. The number of benzene rings is 1. The van der Waals surface area contributed by atoms with E-state index in [4.69, 9.17) is 0 Å². The SMILES string of the molecule is CCOC(=O)C(O)C(O)c1ccc(C(F)F)cc1. The summed E-state index contributed by atoms with van der Waals surface area (Å²) in [4.78, 5) is 11.2. The molecule has 0 spiro atoms. The molecule has 0 aromatic heterocycles. The Morgan fingerprint density at radius 1 is 1.22 bits per heavy atom. The van der Waals surface area contributed by atoms with Crippen LogP contribution in [-0.2, 0) is 9.53 Å². The van der Waals surface area contributed by atoms with Gasteiger partial charge >= 0.3 is 5.97 Å². The minimum absolute atomic E-state index is 0.0763. The molecule has 0 aliphatic heterocycles. The smallest absolute Gasteiger partial charge is 0.338 e. The number of carbonyl (C=O) groups excluding carboxylic acids is 1. The largest absolute Gasteiger partial charge is 0.464 e. The lowest BCUT2D eigenvalue weighted by atomic mass is 10.0. The van der Waals surface area contributed by atoms with E-state index in [2.05, 4.69) is 4.74 Å². The fourth-order valence-corrected chi connectivity index (χ4v) is 1.38. The molecule has 2 unspecified atom stereocenters. The number of esters is 1. The Balaban J connectivity index is 2.77. The fourth-order valence-electron chi connectivity index (χ4n) is 1.38. The van der Waals surface area contributed by atoms with E-state index < -0.39 is 24.6 Å². The van der Waals surface area contributed by atoms with Gasteiger partial charge in [0, 0.05) is 5.56 Å². The maximum absolute atomic E-state index is 12.3. The Morgan fingerprint density at radius 3 is 2.17 bits per heavy atom. The zero-order valence-corrected chi connectivity index (χ0v) is 9.72. The lowest BCUT2D eigenvalue weighted by Crippen LogP contribution is -2.29. The molecule has 0 aliphatic rings. The van der Waals surface area contributed by atoms with Gasteiger partial charge < -0.3 is 14.9 Å². The van der Waals surface area contributed by atoms with Gasteiger partial charge in [-0.15, -0.1) is 0 Å². The van der Waals surface area contributed by atoms with E-state index in [-0.39, 0.29) is 17.7 Å². The zero-order chi connectivity index (χ0) is 13.7. The molecule has 1 aromatic rings. The van der Waals surface area contributed by atoms with Crippen LogP contribution in [0.4, 0.5) is 8.78 Å². The summed E-state index contributed by atoms with van der Waals surface area (Å²) in [5.41, 5.74) is -0.0310. The third-order valence-electron chi connectivity index (χ3n) is 2.36. The van der Waals surface area contributed by atoms with Crippen molar-refractivity contribution >= 4 is 5.97 Å². The minimum Gasteiger partial charge on any atom is -0.464 e. The highest BCUT2D eigenvalue weighted by Gasteiger charge is 2.26. The average Bonchev–Trinajstić information content (AvgIpc) is 2.37. The highest BCUT2D eigenvalue weighted by Crippen LogP contribution is 2.23. The van der Waals surface area contributed by atoms with Gasteiger partial charge in [0.1, 0.15) is 6.10 Å². The average molecular weight is 260 g/mol. The van der Waals surface area contributed by atoms with Crippen molar-refractivity contribution in [1.82, 2.24) is 0 Å². The van der Waals surface area contributed by atoms with Gasteiger partial charge in [0.2, 0.25) is 0 Å². The molecule has 1 rings (SSSR count). The predicted molar refractivity (Wildman–Crippen MR) is 59.0 cm³/mol. The molecule has 0 heterocycles. The van der Waals surface area contributed by atoms with E-state index >= 15 is 0 Å². The van der Waals surface area contributed by atoms with Gasteiger partial charge in [0.25, 0.3) is 6.43 Å². The van der Waals surface area contributed by atoms with Crippen molar-refractivity contribution in [2.45, 2.75) is 25.6 Å². The molecular weight excluding hydrogens is 246 g/mol. The number of alkyl halides is 2. The van der Waals surface area contributed by atoms with E-state index in [1.807, 2.05) is 0 Å². The van der Waals surface area contributed by atoms with E-state index in [1.54, 1.807) is 6.92 Å². The Labute approximate surface area is 103 Å². The molecule has 0 saturated carbocycles. The topological polar surface area (TPSA) is 66.8 Å². The minimum atomic E-state index is -2.61. The van der Waals surface area contributed by atoms with Gasteiger partial charge in [-0.2, -0.15) is 0 Å². The van der Waals surface area contributed by atoms with Crippen molar-refractivity contribution in [1.29, 1.82) is 0 Å². The predicted octanol–water partition coefficient (Wildman–Crippen LogP) is 1.58. The number of halogens is 2. The first-order valence-electron chi connectivity index (χ1n) is 5.38. The number of ether oxygens (including phenoxy) is 1. The highest BCUT2D eigenvalue weighted by molar-refractivity contribution is 5.75. The first-order chi connectivity index (χ1) is 8.47. The first kappa shape index (κ1) is 14.5. The van der Waals surface area contributed by atoms with Gasteiger partial charge in [-0.1, -0.05) is 24.3 Å². The highest BCUT2D eigenvalue weighted by atomic mass is 19.3. The van der Waals surface area contributed by atoms with Crippen LogP contribution in [0.2, 0.25) is 0 Å². The standard InChI is InChI=1S/C12H14F2O4/c1-2-18-12(17)10(16)9(15)7-3-5-8(6-4-7)11(13)14/h3-6,9-11,15-16H,2H2,1H3. The van der Waals surface area contributed by atoms with Crippen LogP contribution in [0.15, 0.2) is 24.3 Å². The molecule has 2 N–H and O–H groups in total. The van der Waals surface area contributed by atoms with Crippen LogP contribution in [0.1, 0.15) is 30.6 Å². The molecule has 18 heavy (non-hydrogen) atoms. The summed E-state index contributed by atoms with van der Waals surface area (Å²) in [5, 5.41) is 19.2. The number of aliphatic hydroxyl groups is 2. The molecular formula is C12H14F2O4. The van der Waals surface area contributed by atoms with Crippen LogP contribution in [-0.4, -0.2) is 28.9 Å². The maximum Gasteiger partial charge on any atom is 0.338 e. The van der Waals surface area contributed by atoms with Gasteiger partial charge in [-0.25, -0.2) is 13.6 Å². The van der Waals surface area contributed by atoms with Crippen LogP contribution in [0.25, 0.3) is 0 Å². The Kier molecular flexibility index (Phi) is 5.18. The van der Waals surface area contributed by atoms with Gasteiger partial charge in [0.05, 0.1) is 6.61 Å². The second-order valence-corrected chi connectivity index (χ2v) is 3.61. The molecule has 0 aliphatic carbocycles. The second-order valence-electron chi connectivity index (χ2n) is 3.61. The van der Waals surface area contributed by atoms with Crippen LogP contribution < -0.4 is 0 Å². The van der Waals surface area contributed by atoms with Crippen molar-refractivity contribution in [3.63, 3.8) is 0 Å². The van der Waals surface area contributed by atoms with Gasteiger partial charge in [-0.05, 0) is 12.5 Å². The Bertz CT molecular complexity index is 392. The zero-order valence-electron chi connectivity index (χ0n) is 9.72.